The Hall–Kier alpha value is -1.88. The summed E-state index contributed by atoms with van der Waals surface area (Å²) in [6.45, 7) is 2.56. The number of amides is 2. The molecule has 2 amide bonds. The molecule has 1 fully saturated rings. The lowest BCUT2D eigenvalue weighted by Gasteiger charge is -2.28. The van der Waals surface area contributed by atoms with E-state index in [4.69, 9.17) is 4.74 Å². The van der Waals surface area contributed by atoms with Gasteiger partial charge >= 0.3 is 11.8 Å². The van der Waals surface area contributed by atoms with Crippen molar-refractivity contribution in [1.29, 1.82) is 0 Å². The predicted octanol–water partition coefficient (Wildman–Crippen LogP) is 2.86. The van der Waals surface area contributed by atoms with Gasteiger partial charge in [-0.1, -0.05) is 44.4 Å². The Morgan fingerprint density at radius 1 is 1.22 bits per heavy atom. The van der Waals surface area contributed by atoms with Gasteiger partial charge < -0.3 is 15.4 Å². The molecule has 5 nitrogen and oxygen atoms in total. The van der Waals surface area contributed by atoms with E-state index in [0.29, 0.717) is 18.2 Å². The van der Waals surface area contributed by atoms with Crippen molar-refractivity contribution >= 4 is 17.5 Å². The number of carbonyl (C=O) groups excluding carboxylic acids is 2. The zero-order valence-electron chi connectivity index (χ0n) is 13.9. The smallest absolute Gasteiger partial charge is 0.313 e. The highest BCUT2D eigenvalue weighted by Gasteiger charge is 2.24. The number of hydrogen-bond donors (Lipinski definition) is 2. The number of benzene rings is 1. The second-order valence-electron chi connectivity index (χ2n) is 6.16. The Balaban J connectivity index is 1.91. The number of hydrogen-bond acceptors (Lipinski definition) is 3. The number of carbonyl (C=O) groups is 2. The lowest BCUT2D eigenvalue weighted by atomic mass is 9.84. The number of nitrogens with one attached hydrogen (secondary N) is 2. The summed E-state index contributed by atoms with van der Waals surface area (Å²) in [7, 11) is 1.60. The van der Waals surface area contributed by atoms with Crippen LogP contribution in [0, 0.1) is 5.92 Å². The van der Waals surface area contributed by atoms with Crippen LogP contribution in [0.5, 0.6) is 0 Å². The van der Waals surface area contributed by atoms with Crippen LogP contribution in [0.15, 0.2) is 24.3 Å². The summed E-state index contributed by atoms with van der Waals surface area (Å²) in [5, 5.41) is 5.55. The van der Waals surface area contributed by atoms with E-state index in [9.17, 15) is 9.59 Å². The lowest BCUT2D eigenvalue weighted by molar-refractivity contribution is -0.136. The fourth-order valence-electron chi connectivity index (χ4n) is 3.15. The summed E-state index contributed by atoms with van der Waals surface area (Å²) in [5.74, 6) is -0.523. The molecule has 23 heavy (non-hydrogen) atoms. The zero-order valence-corrected chi connectivity index (χ0v) is 13.9. The van der Waals surface area contributed by atoms with E-state index >= 15 is 0 Å². The van der Waals surface area contributed by atoms with Crippen molar-refractivity contribution in [2.45, 2.75) is 51.7 Å². The summed E-state index contributed by atoms with van der Waals surface area (Å²) < 4.78 is 5.10. The Bertz CT molecular complexity index is 545. The van der Waals surface area contributed by atoms with Crippen LogP contribution in [0.2, 0.25) is 0 Å². The van der Waals surface area contributed by atoms with Crippen molar-refractivity contribution in [2.75, 3.05) is 12.4 Å². The quantitative estimate of drug-likeness (QED) is 0.820. The number of rotatable bonds is 5. The third-order valence-electron chi connectivity index (χ3n) is 4.47. The molecule has 0 bridgehead atoms. The maximum absolute atomic E-state index is 12.1. The summed E-state index contributed by atoms with van der Waals surface area (Å²) in [5.41, 5.74) is 1.46. The zero-order chi connectivity index (χ0) is 16.7. The highest BCUT2D eigenvalue weighted by atomic mass is 16.5. The van der Waals surface area contributed by atoms with Crippen LogP contribution in [0.4, 0.5) is 5.69 Å². The fourth-order valence-corrected chi connectivity index (χ4v) is 3.15. The average molecular weight is 318 g/mol. The van der Waals surface area contributed by atoms with E-state index < -0.39 is 11.8 Å². The molecule has 1 aromatic rings. The van der Waals surface area contributed by atoms with Crippen LogP contribution in [-0.4, -0.2) is 25.0 Å². The third-order valence-corrected chi connectivity index (χ3v) is 4.47. The molecule has 2 atom stereocenters. The van der Waals surface area contributed by atoms with E-state index in [-0.39, 0.29) is 6.04 Å². The van der Waals surface area contributed by atoms with E-state index in [2.05, 4.69) is 17.6 Å². The summed E-state index contributed by atoms with van der Waals surface area (Å²) >= 11 is 0. The van der Waals surface area contributed by atoms with Crippen LogP contribution >= 0.6 is 0 Å². The molecule has 2 N–H and O–H groups in total. The van der Waals surface area contributed by atoms with Gasteiger partial charge in [-0.05, 0) is 24.8 Å². The first-order chi connectivity index (χ1) is 11.1. The number of anilines is 1. The molecule has 126 valence electrons. The van der Waals surface area contributed by atoms with Crippen LogP contribution in [0.3, 0.4) is 0 Å². The lowest BCUT2D eigenvalue weighted by Crippen LogP contribution is -2.43. The van der Waals surface area contributed by atoms with E-state index in [0.717, 1.165) is 31.2 Å². The minimum atomic E-state index is -0.618. The molecule has 0 spiro atoms. The fraction of sp³-hybridized carbons (Fsp3) is 0.556. The third kappa shape index (κ3) is 5.06. The molecule has 0 saturated heterocycles. The molecule has 1 aliphatic rings. The maximum Gasteiger partial charge on any atom is 0.313 e. The summed E-state index contributed by atoms with van der Waals surface area (Å²) in [6, 6.07) is 7.44. The van der Waals surface area contributed by atoms with Crippen molar-refractivity contribution in [3.05, 3.63) is 29.8 Å². The van der Waals surface area contributed by atoms with Crippen LogP contribution < -0.4 is 10.6 Å². The van der Waals surface area contributed by atoms with Gasteiger partial charge in [-0.15, -0.1) is 0 Å². The van der Waals surface area contributed by atoms with E-state index in [1.165, 1.54) is 6.42 Å². The minimum absolute atomic E-state index is 0.112. The summed E-state index contributed by atoms with van der Waals surface area (Å²) in [6.07, 6.45) is 5.38. The number of ether oxygens (including phenoxy) is 1. The second kappa shape index (κ2) is 8.67. The largest absolute Gasteiger partial charge is 0.380 e. The molecular weight excluding hydrogens is 292 g/mol. The molecule has 1 saturated carbocycles. The van der Waals surface area contributed by atoms with Crippen LogP contribution in [0.25, 0.3) is 0 Å². The molecule has 0 aromatic heterocycles. The van der Waals surface area contributed by atoms with Gasteiger partial charge in [0.25, 0.3) is 0 Å². The van der Waals surface area contributed by atoms with Gasteiger partial charge in [0.1, 0.15) is 0 Å². The van der Waals surface area contributed by atoms with E-state index in [1.54, 1.807) is 13.2 Å². The SMILES string of the molecule is CC[C@H]1CCC[C@@H](NC(=O)C(=O)Nc2ccccc2COC)C1. The van der Waals surface area contributed by atoms with Gasteiger partial charge in [0.2, 0.25) is 0 Å². The molecule has 5 heteroatoms. The van der Waals surface area contributed by atoms with Crippen LogP contribution in [0.1, 0.15) is 44.6 Å². The monoisotopic (exact) mass is 318 g/mol. The van der Waals surface area contributed by atoms with Gasteiger partial charge in [0, 0.05) is 24.4 Å². The van der Waals surface area contributed by atoms with Gasteiger partial charge in [-0.2, -0.15) is 0 Å². The highest BCUT2D eigenvalue weighted by Crippen LogP contribution is 2.26. The predicted molar refractivity (Wildman–Crippen MR) is 90.0 cm³/mol. The Labute approximate surface area is 137 Å². The van der Waals surface area contributed by atoms with Crippen molar-refractivity contribution in [3.63, 3.8) is 0 Å². The second-order valence-corrected chi connectivity index (χ2v) is 6.16. The van der Waals surface area contributed by atoms with Gasteiger partial charge in [-0.25, -0.2) is 0 Å². The van der Waals surface area contributed by atoms with Crippen molar-refractivity contribution in [1.82, 2.24) is 5.32 Å². The average Bonchev–Trinajstić information content (AvgIpc) is 2.57. The molecule has 0 aliphatic heterocycles. The number of methoxy groups -OCH3 is 1. The van der Waals surface area contributed by atoms with Gasteiger partial charge in [-0.3, -0.25) is 9.59 Å². The molecule has 0 heterocycles. The van der Waals surface area contributed by atoms with Crippen molar-refractivity contribution in [3.8, 4) is 0 Å². The van der Waals surface area contributed by atoms with Crippen LogP contribution in [-0.2, 0) is 20.9 Å². The molecular formula is C18H26N2O3. The summed E-state index contributed by atoms with van der Waals surface area (Å²) in [4.78, 5) is 24.3. The minimum Gasteiger partial charge on any atom is -0.380 e. The van der Waals surface area contributed by atoms with E-state index in [1.807, 2.05) is 18.2 Å². The maximum atomic E-state index is 12.1. The van der Waals surface area contributed by atoms with Gasteiger partial charge in [0.15, 0.2) is 0 Å². The molecule has 0 radical (unpaired) electrons. The Morgan fingerprint density at radius 2 is 2.00 bits per heavy atom. The highest BCUT2D eigenvalue weighted by molar-refractivity contribution is 6.39. The topological polar surface area (TPSA) is 67.4 Å². The van der Waals surface area contributed by atoms with Gasteiger partial charge in [0.05, 0.1) is 6.61 Å². The molecule has 1 aliphatic carbocycles. The first-order valence-electron chi connectivity index (χ1n) is 8.32. The molecule has 1 aromatic carbocycles. The molecule has 2 rings (SSSR count). The number of para-hydroxylation sites is 1. The first kappa shape index (κ1) is 17.5. The normalized spacial score (nSPS) is 20.8. The first-order valence-corrected chi connectivity index (χ1v) is 8.32. The standard InChI is InChI=1S/C18H26N2O3/c1-3-13-7-6-9-15(11-13)19-17(21)18(22)20-16-10-5-4-8-14(16)12-23-2/h4-5,8,10,13,15H,3,6-7,9,11-12H2,1-2H3,(H,19,21)(H,20,22)/t13-,15+/m0/s1. The van der Waals surface area contributed by atoms with Crippen molar-refractivity contribution < 1.29 is 14.3 Å². The van der Waals surface area contributed by atoms with Crippen molar-refractivity contribution in [2.24, 2.45) is 5.92 Å². The Morgan fingerprint density at radius 3 is 2.74 bits per heavy atom. The molecule has 0 unspecified atom stereocenters. The Kier molecular flexibility index (Phi) is 6.59.